The molecule has 0 saturated heterocycles. The molecule has 0 radical (unpaired) electrons. The number of esters is 1. The first-order chi connectivity index (χ1) is 13.2. The highest BCUT2D eigenvalue weighted by molar-refractivity contribution is 5.85. The van der Waals surface area contributed by atoms with Crippen LogP contribution in [0.5, 0.6) is 0 Å². The van der Waals surface area contributed by atoms with Crippen LogP contribution in [0.25, 0.3) is 0 Å². The fraction of sp³-hybridized carbons (Fsp3) is 0.880. The van der Waals surface area contributed by atoms with Crippen molar-refractivity contribution in [3.05, 3.63) is 11.6 Å². The smallest absolute Gasteiger partial charge is 0.331 e. The van der Waals surface area contributed by atoms with E-state index >= 15 is 0 Å². The highest BCUT2D eigenvalue weighted by atomic mass is 16.5. The van der Waals surface area contributed by atoms with Gasteiger partial charge in [-0.05, 0) is 91.4 Å². The van der Waals surface area contributed by atoms with E-state index in [9.17, 15) is 9.90 Å². The van der Waals surface area contributed by atoms with Crippen LogP contribution in [-0.2, 0) is 9.53 Å². The van der Waals surface area contributed by atoms with Gasteiger partial charge in [-0.3, -0.25) is 0 Å². The summed E-state index contributed by atoms with van der Waals surface area (Å²) in [6, 6.07) is 0. The third-order valence-corrected chi connectivity index (χ3v) is 10.8. The van der Waals surface area contributed by atoms with Crippen molar-refractivity contribution in [3.8, 4) is 0 Å². The third-order valence-electron chi connectivity index (χ3n) is 10.8. The summed E-state index contributed by atoms with van der Waals surface area (Å²) in [7, 11) is 0. The monoisotopic (exact) mass is 386 g/mol. The van der Waals surface area contributed by atoms with Crippen LogP contribution in [-0.4, -0.2) is 23.3 Å². The molecule has 1 heterocycles. The molecule has 4 fully saturated rings. The average Bonchev–Trinajstić information content (AvgIpc) is 3.19. The molecule has 5 aliphatic rings. The van der Waals surface area contributed by atoms with Gasteiger partial charge in [0.05, 0.1) is 5.60 Å². The van der Waals surface area contributed by atoms with Crippen molar-refractivity contribution in [2.24, 2.45) is 46.3 Å². The van der Waals surface area contributed by atoms with E-state index in [0.717, 1.165) is 30.3 Å². The van der Waals surface area contributed by atoms with Gasteiger partial charge in [-0.1, -0.05) is 34.1 Å². The number of aliphatic hydroxyl groups is 1. The Labute approximate surface area is 170 Å². The quantitative estimate of drug-likeness (QED) is 0.636. The molecular weight excluding hydrogens is 348 g/mol. The summed E-state index contributed by atoms with van der Waals surface area (Å²) >= 11 is 0. The lowest BCUT2D eigenvalue weighted by atomic mass is 9.41. The maximum absolute atomic E-state index is 12.3. The molecule has 4 aliphatic carbocycles. The number of rotatable bonds is 1. The second-order valence-corrected chi connectivity index (χ2v) is 11.6. The Balaban J connectivity index is 1.51. The largest absolute Gasteiger partial charge is 0.458 e. The second kappa shape index (κ2) is 6.09. The van der Waals surface area contributed by atoms with Gasteiger partial charge < -0.3 is 9.84 Å². The van der Waals surface area contributed by atoms with Crippen LogP contribution in [0.15, 0.2) is 11.6 Å². The third kappa shape index (κ3) is 2.29. The van der Waals surface area contributed by atoms with Gasteiger partial charge in [-0.2, -0.15) is 0 Å². The van der Waals surface area contributed by atoms with E-state index in [1.807, 2.05) is 0 Å². The van der Waals surface area contributed by atoms with Gasteiger partial charge in [0.1, 0.15) is 6.61 Å². The number of ether oxygens (including phenoxy) is 1. The van der Waals surface area contributed by atoms with E-state index < -0.39 is 5.60 Å². The Hall–Kier alpha value is -0.830. The lowest BCUT2D eigenvalue weighted by Crippen LogP contribution is -2.64. The number of carbonyl (C=O) groups excluding carboxylic acids is 1. The molecular formula is C25H38O3. The molecule has 0 aromatic heterocycles. The molecule has 28 heavy (non-hydrogen) atoms. The summed E-state index contributed by atoms with van der Waals surface area (Å²) in [5.41, 5.74) is 0.813. The Bertz CT molecular complexity index is 713. The van der Waals surface area contributed by atoms with E-state index in [4.69, 9.17) is 4.74 Å². The fourth-order valence-electron chi connectivity index (χ4n) is 8.99. The van der Waals surface area contributed by atoms with Crippen LogP contribution in [0.3, 0.4) is 0 Å². The summed E-state index contributed by atoms with van der Waals surface area (Å²) in [5, 5.41) is 12.3. The molecule has 3 nitrogen and oxygen atoms in total. The van der Waals surface area contributed by atoms with Gasteiger partial charge in [0.25, 0.3) is 0 Å². The number of carbonyl (C=O) groups is 1. The number of hydrogen-bond donors (Lipinski definition) is 1. The van der Waals surface area contributed by atoms with Crippen molar-refractivity contribution in [2.75, 3.05) is 6.61 Å². The summed E-state index contributed by atoms with van der Waals surface area (Å²) in [6.07, 6.45) is 11.4. The van der Waals surface area contributed by atoms with E-state index in [1.165, 1.54) is 38.5 Å². The predicted octanol–water partition coefficient (Wildman–Crippen LogP) is 5.13. The van der Waals surface area contributed by atoms with Crippen molar-refractivity contribution >= 4 is 5.97 Å². The van der Waals surface area contributed by atoms with Crippen LogP contribution in [0.2, 0.25) is 0 Å². The van der Waals surface area contributed by atoms with Gasteiger partial charge in [-0.15, -0.1) is 0 Å². The lowest BCUT2D eigenvalue weighted by molar-refractivity contribution is -0.225. The molecule has 0 bridgehead atoms. The normalized spacial score (nSPS) is 55.8. The van der Waals surface area contributed by atoms with Gasteiger partial charge in [0, 0.05) is 11.5 Å². The first-order valence-electron chi connectivity index (χ1n) is 11.8. The van der Waals surface area contributed by atoms with Gasteiger partial charge in [0.15, 0.2) is 0 Å². The maximum atomic E-state index is 12.3. The van der Waals surface area contributed by atoms with E-state index in [0.29, 0.717) is 29.8 Å². The molecule has 3 unspecified atom stereocenters. The van der Waals surface area contributed by atoms with Crippen LogP contribution in [0.1, 0.15) is 79.1 Å². The highest BCUT2D eigenvalue weighted by Crippen LogP contribution is 2.71. The Morgan fingerprint density at radius 3 is 2.54 bits per heavy atom. The molecule has 1 aliphatic heterocycles. The van der Waals surface area contributed by atoms with Crippen LogP contribution in [0.4, 0.5) is 0 Å². The zero-order valence-electron chi connectivity index (χ0n) is 18.2. The Morgan fingerprint density at radius 2 is 1.82 bits per heavy atom. The number of fused-ring (bicyclic) bond motifs is 5. The fourth-order valence-corrected chi connectivity index (χ4v) is 8.99. The Morgan fingerprint density at radius 1 is 1.04 bits per heavy atom. The highest BCUT2D eigenvalue weighted by Gasteiger charge is 2.69. The standard InChI is InChI=1S/C25H38O3/c1-15-7-9-23(3)18(11-15)5-6-20-21(23)12-16(2)24(4)19(8-10-25(20,24)27)17-13-22(26)28-14-17/h13,15-16,18-21,27H,5-12,14H2,1-4H3/t15-,16-,18?,19+,20?,21?,23-,24+,25-/m0/s1. The topological polar surface area (TPSA) is 46.5 Å². The summed E-state index contributed by atoms with van der Waals surface area (Å²) < 4.78 is 5.26. The molecule has 0 spiro atoms. The van der Waals surface area contributed by atoms with E-state index in [-0.39, 0.29) is 17.3 Å². The molecule has 1 N–H and O–H groups in total. The van der Waals surface area contributed by atoms with Gasteiger partial charge in [-0.25, -0.2) is 4.79 Å². The van der Waals surface area contributed by atoms with Crippen molar-refractivity contribution in [2.45, 2.75) is 84.7 Å². The van der Waals surface area contributed by atoms with Gasteiger partial charge in [0.2, 0.25) is 0 Å². The molecule has 0 amide bonds. The zero-order valence-corrected chi connectivity index (χ0v) is 18.2. The van der Waals surface area contributed by atoms with E-state index in [1.54, 1.807) is 6.08 Å². The molecule has 0 aromatic carbocycles. The van der Waals surface area contributed by atoms with Crippen molar-refractivity contribution in [3.63, 3.8) is 0 Å². The zero-order chi connectivity index (χ0) is 19.9. The molecule has 5 rings (SSSR count). The minimum Gasteiger partial charge on any atom is -0.458 e. The minimum atomic E-state index is -0.594. The van der Waals surface area contributed by atoms with Crippen LogP contribution >= 0.6 is 0 Å². The number of cyclic esters (lactones) is 1. The first-order valence-corrected chi connectivity index (χ1v) is 11.8. The minimum absolute atomic E-state index is 0.140. The first kappa shape index (κ1) is 19.2. The molecule has 0 aromatic rings. The summed E-state index contributed by atoms with van der Waals surface area (Å²) in [4.78, 5) is 11.7. The van der Waals surface area contributed by atoms with Gasteiger partial charge >= 0.3 is 5.97 Å². The second-order valence-electron chi connectivity index (χ2n) is 11.6. The Kier molecular flexibility index (Phi) is 4.17. The van der Waals surface area contributed by atoms with Crippen molar-refractivity contribution in [1.29, 1.82) is 0 Å². The summed E-state index contributed by atoms with van der Waals surface area (Å²) in [5.74, 6) is 3.35. The SMILES string of the molecule is C[C@H]1CC[C@@]2(C)C(CCC3C2C[C@H](C)[C@]2(C)[C@@H](C4=CC(=O)OC4)CC[C@]32O)C1. The number of hydrogen-bond acceptors (Lipinski definition) is 3. The van der Waals surface area contributed by atoms with Crippen LogP contribution < -0.4 is 0 Å². The lowest BCUT2D eigenvalue weighted by Gasteiger charge is -2.65. The average molecular weight is 387 g/mol. The van der Waals surface area contributed by atoms with Crippen molar-refractivity contribution in [1.82, 2.24) is 0 Å². The predicted molar refractivity (Wildman–Crippen MR) is 109 cm³/mol. The maximum Gasteiger partial charge on any atom is 0.331 e. The molecule has 156 valence electrons. The van der Waals surface area contributed by atoms with E-state index in [2.05, 4.69) is 27.7 Å². The molecule has 9 atom stereocenters. The molecule has 4 saturated carbocycles. The van der Waals surface area contributed by atoms with Crippen molar-refractivity contribution < 1.29 is 14.6 Å². The summed E-state index contributed by atoms with van der Waals surface area (Å²) in [6.45, 7) is 10.2. The molecule has 3 heteroatoms. The van der Waals surface area contributed by atoms with Crippen LogP contribution in [0, 0.1) is 46.3 Å².